The van der Waals surface area contributed by atoms with E-state index in [0.29, 0.717) is 12.0 Å². The number of rotatable bonds is 2. The van der Waals surface area contributed by atoms with Gasteiger partial charge in [0.15, 0.2) is 0 Å². The first-order chi connectivity index (χ1) is 8.11. The van der Waals surface area contributed by atoms with Crippen LogP contribution >= 0.6 is 0 Å². The molecule has 2 heteroatoms. The smallest absolute Gasteiger partial charge is 0.0548 e. The molecule has 2 rings (SSSR count). The molecule has 0 aliphatic carbocycles. The zero-order valence-corrected chi connectivity index (χ0v) is 11.0. The molecule has 0 aromatic carbocycles. The fraction of sp³-hybridized carbons (Fsp3) is 0.400. The Balaban J connectivity index is 2.62. The molecule has 1 aliphatic heterocycles. The van der Waals surface area contributed by atoms with Gasteiger partial charge in [-0.3, -0.25) is 4.98 Å². The number of allylic oxidation sites excluding steroid dienone is 2. The standard InChI is InChI=1S/C15H20N2/c1-11(2)14-10-16-9-13-7-5-6-8-17(12(3)4)15(13)14/h5-12H,1-4H3. The van der Waals surface area contributed by atoms with E-state index < -0.39 is 0 Å². The van der Waals surface area contributed by atoms with Crippen molar-refractivity contribution in [3.05, 3.63) is 41.9 Å². The normalized spacial score (nSPS) is 14.4. The van der Waals surface area contributed by atoms with Crippen LogP contribution in [-0.2, 0) is 0 Å². The number of anilines is 1. The fourth-order valence-corrected chi connectivity index (χ4v) is 2.14. The second kappa shape index (κ2) is 4.74. The van der Waals surface area contributed by atoms with Crippen molar-refractivity contribution in [1.82, 2.24) is 4.98 Å². The first kappa shape index (κ1) is 11.9. The Morgan fingerprint density at radius 2 is 1.82 bits per heavy atom. The van der Waals surface area contributed by atoms with Crippen LogP contribution in [0.4, 0.5) is 5.69 Å². The minimum absolute atomic E-state index is 0.449. The van der Waals surface area contributed by atoms with Crippen molar-refractivity contribution >= 4 is 11.8 Å². The van der Waals surface area contributed by atoms with Gasteiger partial charge in [-0.25, -0.2) is 0 Å². The summed E-state index contributed by atoms with van der Waals surface area (Å²) >= 11 is 0. The van der Waals surface area contributed by atoms with Gasteiger partial charge in [0.2, 0.25) is 0 Å². The summed E-state index contributed by atoms with van der Waals surface area (Å²) in [7, 11) is 0. The van der Waals surface area contributed by atoms with Crippen molar-refractivity contribution in [1.29, 1.82) is 0 Å². The SMILES string of the molecule is CC(C)c1cncc2c1N(C(C)C)C=CC=C2. The number of nitrogens with zero attached hydrogens (tertiary/aromatic N) is 2. The third kappa shape index (κ3) is 2.26. The molecule has 1 aromatic heterocycles. The van der Waals surface area contributed by atoms with Crippen molar-refractivity contribution in [2.75, 3.05) is 4.90 Å². The molecule has 0 spiro atoms. The number of hydrogen-bond acceptors (Lipinski definition) is 2. The van der Waals surface area contributed by atoms with E-state index in [2.05, 4.69) is 62.0 Å². The Labute approximate surface area is 104 Å². The molecule has 0 saturated carbocycles. The number of aromatic nitrogens is 1. The summed E-state index contributed by atoms with van der Waals surface area (Å²) in [6.45, 7) is 8.86. The molecule has 0 atom stereocenters. The van der Waals surface area contributed by atoms with E-state index in [1.54, 1.807) is 0 Å². The molecular weight excluding hydrogens is 208 g/mol. The largest absolute Gasteiger partial charge is 0.345 e. The second-order valence-electron chi connectivity index (χ2n) is 5.02. The summed E-state index contributed by atoms with van der Waals surface area (Å²) in [5.41, 5.74) is 3.82. The Bertz CT molecular complexity index is 456. The highest BCUT2D eigenvalue weighted by atomic mass is 15.1. The van der Waals surface area contributed by atoms with E-state index in [0.717, 1.165) is 0 Å². The summed E-state index contributed by atoms with van der Waals surface area (Å²) in [5.74, 6) is 0.485. The van der Waals surface area contributed by atoms with Crippen LogP contribution in [0.25, 0.3) is 6.08 Å². The Hall–Kier alpha value is -1.57. The van der Waals surface area contributed by atoms with Crippen LogP contribution in [0, 0.1) is 0 Å². The van der Waals surface area contributed by atoms with Gasteiger partial charge >= 0.3 is 0 Å². The summed E-state index contributed by atoms with van der Waals surface area (Å²) in [6.07, 6.45) is 12.4. The van der Waals surface area contributed by atoms with Crippen LogP contribution < -0.4 is 4.90 Å². The highest BCUT2D eigenvalue weighted by Crippen LogP contribution is 2.33. The highest BCUT2D eigenvalue weighted by Gasteiger charge is 2.18. The van der Waals surface area contributed by atoms with E-state index in [-0.39, 0.29) is 0 Å². The number of pyridine rings is 1. The van der Waals surface area contributed by atoms with Crippen LogP contribution in [-0.4, -0.2) is 11.0 Å². The maximum Gasteiger partial charge on any atom is 0.0548 e. The molecule has 0 amide bonds. The van der Waals surface area contributed by atoms with Crippen LogP contribution in [0.15, 0.2) is 30.7 Å². The van der Waals surface area contributed by atoms with Crippen LogP contribution in [0.3, 0.4) is 0 Å². The van der Waals surface area contributed by atoms with E-state index in [9.17, 15) is 0 Å². The molecule has 1 aromatic rings. The number of hydrogen-bond donors (Lipinski definition) is 0. The van der Waals surface area contributed by atoms with E-state index in [1.807, 2.05) is 12.4 Å². The maximum absolute atomic E-state index is 4.35. The van der Waals surface area contributed by atoms with Gasteiger partial charge < -0.3 is 4.90 Å². The Morgan fingerprint density at radius 1 is 1.06 bits per heavy atom. The maximum atomic E-state index is 4.35. The minimum Gasteiger partial charge on any atom is -0.345 e. The van der Waals surface area contributed by atoms with Crippen LogP contribution in [0.2, 0.25) is 0 Å². The van der Waals surface area contributed by atoms with Gasteiger partial charge in [0.05, 0.1) is 5.69 Å². The molecule has 0 fully saturated rings. The number of fused-ring (bicyclic) bond motifs is 1. The first-order valence-corrected chi connectivity index (χ1v) is 6.22. The average Bonchev–Trinajstić information content (AvgIpc) is 2.50. The van der Waals surface area contributed by atoms with Gasteiger partial charge in [-0.2, -0.15) is 0 Å². The van der Waals surface area contributed by atoms with Crippen molar-refractivity contribution in [2.45, 2.75) is 39.7 Å². The Kier molecular flexibility index (Phi) is 3.32. The van der Waals surface area contributed by atoms with Crippen LogP contribution in [0.1, 0.15) is 44.7 Å². The zero-order valence-electron chi connectivity index (χ0n) is 11.0. The lowest BCUT2D eigenvalue weighted by atomic mass is 9.99. The molecule has 0 bridgehead atoms. The molecule has 2 heterocycles. The topological polar surface area (TPSA) is 16.1 Å². The monoisotopic (exact) mass is 228 g/mol. The summed E-state index contributed by atoms with van der Waals surface area (Å²) in [6, 6.07) is 0.449. The lowest BCUT2D eigenvalue weighted by Gasteiger charge is -2.29. The predicted molar refractivity (Wildman–Crippen MR) is 74.1 cm³/mol. The molecule has 1 aliphatic rings. The van der Waals surface area contributed by atoms with Crippen molar-refractivity contribution < 1.29 is 0 Å². The van der Waals surface area contributed by atoms with Crippen molar-refractivity contribution in [3.63, 3.8) is 0 Å². The van der Waals surface area contributed by atoms with Gasteiger partial charge in [0.25, 0.3) is 0 Å². The van der Waals surface area contributed by atoms with Crippen molar-refractivity contribution in [3.8, 4) is 0 Å². The van der Waals surface area contributed by atoms with Gasteiger partial charge in [-0.05, 0) is 31.4 Å². The van der Waals surface area contributed by atoms with Gasteiger partial charge in [-0.15, -0.1) is 0 Å². The van der Waals surface area contributed by atoms with E-state index >= 15 is 0 Å². The van der Waals surface area contributed by atoms with Crippen molar-refractivity contribution in [2.24, 2.45) is 0 Å². The van der Waals surface area contributed by atoms with E-state index in [4.69, 9.17) is 0 Å². The lowest BCUT2D eigenvalue weighted by molar-refractivity contribution is 0.763. The third-order valence-electron chi connectivity index (χ3n) is 3.04. The first-order valence-electron chi connectivity index (χ1n) is 6.22. The Morgan fingerprint density at radius 3 is 2.47 bits per heavy atom. The summed E-state index contributed by atoms with van der Waals surface area (Å²) in [4.78, 5) is 6.67. The molecular formula is C15H20N2. The third-order valence-corrected chi connectivity index (χ3v) is 3.04. The minimum atomic E-state index is 0.449. The predicted octanol–water partition coefficient (Wildman–Crippen LogP) is 3.96. The molecule has 17 heavy (non-hydrogen) atoms. The molecule has 2 nitrogen and oxygen atoms in total. The lowest BCUT2D eigenvalue weighted by Crippen LogP contribution is -2.26. The molecule has 0 N–H and O–H groups in total. The fourth-order valence-electron chi connectivity index (χ4n) is 2.14. The molecule has 0 unspecified atom stereocenters. The zero-order chi connectivity index (χ0) is 12.4. The average molecular weight is 228 g/mol. The van der Waals surface area contributed by atoms with Gasteiger partial charge in [0.1, 0.15) is 0 Å². The molecule has 0 radical (unpaired) electrons. The quantitative estimate of drug-likeness (QED) is 0.761. The molecule has 0 saturated heterocycles. The van der Waals surface area contributed by atoms with Gasteiger partial charge in [-0.1, -0.05) is 26.0 Å². The molecule has 90 valence electrons. The van der Waals surface area contributed by atoms with Crippen LogP contribution in [0.5, 0.6) is 0 Å². The van der Waals surface area contributed by atoms with E-state index in [1.165, 1.54) is 16.8 Å². The summed E-state index contributed by atoms with van der Waals surface area (Å²) in [5, 5.41) is 0. The highest BCUT2D eigenvalue weighted by molar-refractivity contribution is 5.74. The summed E-state index contributed by atoms with van der Waals surface area (Å²) < 4.78 is 0. The van der Waals surface area contributed by atoms with Gasteiger partial charge in [0, 0.05) is 30.2 Å². The second-order valence-corrected chi connectivity index (χ2v) is 5.02.